The normalized spacial score (nSPS) is 11.6. The third-order valence-electron chi connectivity index (χ3n) is 1.65. The minimum absolute atomic E-state index is 0.335. The Kier molecular flexibility index (Phi) is 3.26. The Morgan fingerprint density at radius 2 is 1.69 bits per heavy atom. The van der Waals surface area contributed by atoms with Crippen LogP contribution in [0.5, 0.6) is 0 Å². The molecule has 0 amide bonds. The molecule has 0 fully saturated rings. The second-order valence-corrected chi connectivity index (χ2v) is 5.94. The summed E-state index contributed by atoms with van der Waals surface area (Å²) >= 11 is 1.95. The molecule has 2 heteroatoms. The highest BCUT2D eigenvalue weighted by atomic mass is 32.2. The fraction of sp³-hybridized carbons (Fsp3) is 0.455. The van der Waals surface area contributed by atoms with E-state index in [9.17, 15) is 0 Å². The Bertz CT molecular complexity index is 258. The molecule has 0 unspecified atom stereocenters. The minimum atomic E-state index is 0.335. The van der Waals surface area contributed by atoms with Crippen molar-refractivity contribution >= 4 is 17.4 Å². The molecule has 0 aliphatic heterocycles. The van der Waals surface area contributed by atoms with Crippen molar-refractivity contribution < 1.29 is 0 Å². The van der Waals surface area contributed by atoms with Gasteiger partial charge in [0, 0.05) is 16.2 Å². The molecule has 1 rings (SSSR count). The molecule has 0 radical (unpaired) electrons. The maximum atomic E-state index is 5.60. The van der Waals surface area contributed by atoms with Gasteiger partial charge < -0.3 is 5.73 Å². The summed E-state index contributed by atoms with van der Waals surface area (Å²) < 4.78 is 0.335. The first-order valence-electron chi connectivity index (χ1n) is 4.46. The Labute approximate surface area is 84.7 Å². The number of hydrogen-bond donors (Lipinski definition) is 1. The Morgan fingerprint density at radius 3 is 2.15 bits per heavy atom. The zero-order valence-corrected chi connectivity index (χ0v) is 9.32. The number of thioether (sulfide) groups is 1. The molecule has 0 aromatic heterocycles. The summed E-state index contributed by atoms with van der Waals surface area (Å²) in [5.74, 6) is 1.06. The van der Waals surface area contributed by atoms with Crippen molar-refractivity contribution in [2.24, 2.45) is 0 Å². The number of nitrogens with two attached hydrogens (primary N) is 1. The highest BCUT2D eigenvalue weighted by Gasteiger charge is 2.09. The highest BCUT2D eigenvalue weighted by molar-refractivity contribution is 7.99. The third-order valence-corrected chi connectivity index (χ3v) is 3.00. The van der Waals surface area contributed by atoms with E-state index in [0.717, 1.165) is 11.4 Å². The molecule has 0 saturated carbocycles. The monoisotopic (exact) mass is 195 g/mol. The van der Waals surface area contributed by atoms with E-state index in [2.05, 4.69) is 32.9 Å². The first-order valence-corrected chi connectivity index (χ1v) is 5.44. The topological polar surface area (TPSA) is 26.0 Å². The lowest BCUT2D eigenvalue weighted by Gasteiger charge is -2.17. The first kappa shape index (κ1) is 10.5. The zero-order valence-electron chi connectivity index (χ0n) is 8.50. The van der Waals surface area contributed by atoms with Gasteiger partial charge in [0.05, 0.1) is 0 Å². The van der Waals surface area contributed by atoms with Crippen LogP contribution in [-0.4, -0.2) is 4.75 Å². The van der Waals surface area contributed by atoms with Crippen LogP contribution in [0.2, 0.25) is 0 Å². The molecular formula is C11H17NS. The van der Waals surface area contributed by atoms with Gasteiger partial charge in [-0.1, -0.05) is 32.9 Å². The molecule has 0 atom stereocenters. The van der Waals surface area contributed by atoms with Crippen LogP contribution in [0.4, 0.5) is 5.69 Å². The van der Waals surface area contributed by atoms with E-state index < -0.39 is 0 Å². The van der Waals surface area contributed by atoms with Gasteiger partial charge in [0.25, 0.3) is 0 Å². The molecule has 1 aromatic rings. The molecule has 72 valence electrons. The average molecular weight is 195 g/mol. The molecule has 0 saturated heterocycles. The average Bonchev–Trinajstić information content (AvgIpc) is 2.02. The van der Waals surface area contributed by atoms with Crippen molar-refractivity contribution in [3.05, 3.63) is 29.8 Å². The van der Waals surface area contributed by atoms with Gasteiger partial charge in [-0.05, 0) is 17.7 Å². The summed E-state index contributed by atoms with van der Waals surface area (Å²) in [6.45, 7) is 6.69. The Hall–Kier alpha value is -0.630. The van der Waals surface area contributed by atoms with Gasteiger partial charge in [-0.15, -0.1) is 0 Å². The van der Waals surface area contributed by atoms with E-state index in [0.29, 0.717) is 4.75 Å². The SMILES string of the molecule is CC(C)(C)SCc1ccc(N)cc1. The second kappa shape index (κ2) is 4.05. The van der Waals surface area contributed by atoms with Crippen molar-refractivity contribution in [1.29, 1.82) is 0 Å². The summed E-state index contributed by atoms with van der Waals surface area (Å²) in [7, 11) is 0. The zero-order chi connectivity index (χ0) is 9.90. The van der Waals surface area contributed by atoms with Gasteiger partial charge in [0.15, 0.2) is 0 Å². The standard InChI is InChI=1S/C11H17NS/c1-11(2,3)13-8-9-4-6-10(12)7-5-9/h4-7H,8,12H2,1-3H3. The van der Waals surface area contributed by atoms with Gasteiger partial charge >= 0.3 is 0 Å². The van der Waals surface area contributed by atoms with Crippen molar-refractivity contribution in [3.63, 3.8) is 0 Å². The van der Waals surface area contributed by atoms with Crippen molar-refractivity contribution in [2.75, 3.05) is 5.73 Å². The van der Waals surface area contributed by atoms with Crippen LogP contribution in [0, 0.1) is 0 Å². The maximum absolute atomic E-state index is 5.60. The number of hydrogen-bond acceptors (Lipinski definition) is 2. The van der Waals surface area contributed by atoms with Crippen molar-refractivity contribution in [3.8, 4) is 0 Å². The predicted molar refractivity (Wildman–Crippen MR) is 61.9 cm³/mol. The van der Waals surface area contributed by atoms with Gasteiger partial charge in [0.1, 0.15) is 0 Å². The van der Waals surface area contributed by atoms with E-state index in [-0.39, 0.29) is 0 Å². The Balaban J connectivity index is 2.51. The fourth-order valence-electron chi connectivity index (χ4n) is 0.914. The van der Waals surface area contributed by atoms with Crippen molar-refractivity contribution in [2.45, 2.75) is 31.3 Å². The molecule has 1 aromatic carbocycles. The van der Waals surface area contributed by atoms with Gasteiger partial charge in [0.2, 0.25) is 0 Å². The quantitative estimate of drug-likeness (QED) is 0.733. The first-order chi connectivity index (χ1) is 5.97. The third kappa shape index (κ3) is 4.23. The molecule has 0 aliphatic carbocycles. The Morgan fingerprint density at radius 1 is 1.15 bits per heavy atom. The summed E-state index contributed by atoms with van der Waals surface area (Å²) in [5.41, 5.74) is 7.78. The molecular weight excluding hydrogens is 178 g/mol. The highest BCUT2D eigenvalue weighted by Crippen LogP contribution is 2.27. The van der Waals surface area contributed by atoms with Crippen LogP contribution in [0.25, 0.3) is 0 Å². The van der Waals surface area contributed by atoms with E-state index in [4.69, 9.17) is 5.73 Å². The van der Waals surface area contributed by atoms with Crippen LogP contribution in [0.15, 0.2) is 24.3 Å². The van der Waals surface area contributed by atoms with Crippen LogP contribution in [-0.2, 0) is 5.75 Å². The van der Waals surface area contributed by atoms with Gasteiger partial charge in [-0.25, -0.2) is 0 Å². The van der Waals surface area contributed by atoms with E-state index >= 15 is 0 Å². The molecule has 0 spiro atoms. The van der Waals surface area contributed by atoms with Crippen LogP contribution in [0.3, 0.4) is 0 Å². The largest absolute Gasteiger partial charge is 0.399 e. The van der Waals surface area contributed by atoms with E-state index in [1.807, 2.05) is 23.9 Å². The van der Waals surface area contributed by atoms with Gasteiger partial charge in [-0.2, -0.15) is 11.8 Å². The number of nitrogen functional groups attached to an aromatic ring is 1. The smallest absolute Gasteiger partial charge is 0.0314 e. The molecule has 13 heavy (non-hydrogen) atoms. The van der Waals surface area contributed by atoms with Crippen molar-refractivity contribution in [1.82, 2.24) is 0 Å². The molecule has 0 heterocycles. The fourth-order valence-corrected chi connectivity index (χ4v) is 1.71. The van der Waals surface area contributed by atoms with Gasteiger partial charge in [-0.3, -0.25) is 0 Å². The second-order valence-electron chi connectivity index (χ2n) is 4.14. The molecule has 0 aliphatic rings. The van der Waals surface area contributed by atoms with E-state index in [1.54, 1.807) is 0 Å². The van der Waals surface area contributed by atoms with Crippen LogP contribution in [0.1, 0.15) is 26.3 Å². The molecule has 2 N–H and O–H groups in total. The maximum Gasteiger partial charge on any atom is 0.0314 e. The summed E-state index contributed by atoms with van der Waals surface area (Å²) in [6, 6.07) is 8.10. The number of rotatable bonds is 2. The summed E-state index contributed by atoms with van der Waals surface area (Å²) in [6.07, 6.45) is 0. The molecule has 1 nitrogen and oxygen atoms in total. The van der Waals surface area contributed by atoms with Crippen LogP contribution < -0.4 is 5.73 Å². The number of benzene rings is 1. The van der Waals surface area contributed by atoms with E-state index in [1.165, 1.54) is 5.56 Å². The number of anilines is 1. The predicted octanol–water partition coefficient (Wildman–Crippen LogP) is 3.30. The molecule has 0 bridgehead atoms. The lowest BCUT2D eigenvalue weighted by atomic mass is 10.2. The summed E-state index contributed by atoms with van der Waals surface area (Å²) in [5, 5.41) is 0. The summed E-state index contributed by atoms with van der Waals surface area (Å²) in [4.78, 5) is 0. The lowest BCUT2D eigenvalue weighted by molar-refractivity contribution is 0.802. The lowest BCUT2D eigenvalue weighted by Crippen LogP contribution is -2.07. The minimum Gasteiger partial charge on any atom is -0.399 e. The van der Waals surface area contributed by atoms with Crippen LogP contribution >= 0.6 is 11.8 Å².